The van der Waals surface area contributed by atoms with Gasteiger partial charge in [-0.1, -0.05) is 35.6 Å². The highest BCUT2D eigenvalue weighted by atomic mass is 32.2. The predicted octanol–water partition coefficient (Wildman–Crippen LogP) is 4.12. The van der Waals surface area contributed by atoms with Gasteiger partial charge in [0.25, 0.3) is 0 Å². The van der Waals surface area contributed by atoms with Gasteiger partial charge in [0, 0.05) is 30.1 Å². The molecule has 0 bridgehead atoms. The first-order valence-electron chi connectivity index (χ1n) is 9.55. The Bertz CT molecular complexity index is 1190. The molecule has 4 rings (SSSR count). The molecule has 1 fully saturated rings. The van der Waals surface area contributed by atoms with Crippen LogP contribution < -0.4 is 0 Å². The minimum Gasteiger partial charge on any atom is -0.295 e. The van der Waals surface area contributed by atoms with Crippen LogP contribution in [0.4, 0.5) is 4.39 Å². The fourth-order valence-corrected chi connectivity index (χ4v) is 6.10. The maximum Gasteiger partial charge on any atom is 0.243 e. The van der Waals surface area contributed by atoms with Crippen molar-refractivity contribution in [3.05, 3.63) is 64.9 Å². The van der Waals surface area contributed by atoms with E-state index in [1.54, 1.807) is 30.3 Å². The van der Waals surface area contributed by atoms with Crippen molar-refractivity contribution in [2.45, 2.75) is 30.6 Å². The molecule has 2 heterocycles. The summed E-state index contributed by atoms with van der Waals surface area (Å²) < 4.78 is 41.8. The number of aromatic nitrogens is 2. The summed E-state index contributed by atoms with van der Waals surface area (Å²) >= 11 is 1.29. The highest BCUT2D eigenvalue weighted by Gasteiger charge is 2.32. The summed E-state index contributed by atoms with van der Waals surface area (Å²) in [6, 6.07) is 12.5. The van der Waals surface area contributed by atoms with Gasteiger partial charge in [-0.25, -0.2) is 12.8 Å². The molecule has 1 atom stereocenters. The highest BCUT2D eigenvalue weighted by Crippen LogP contribution is 2.35. The van der Waals surface area contributed by atoms with Crippen LogP contribution in [-0.2, 0) is 10.0 Å². The van der Waals surface area contributed by atoms with Crippen molar-refractivity contribution in [1.82, 2.24) is 14.5 Å². The van der Waals surface area contributed by atoms with E-state index in [4.69, 9.17) is 0 Å². The van der Waals surface area contributed by atoms with Gasteiger partial charge in [0.15, 0.2) is 10.8 Å². The fraction of sp³-hybridized carbons (Fsp3) is 0.286. The van der Waals surface area contributed by atoms with Crippen LogP contribution in [0.25, 0.3) is 10.6 Å². The molecule has 2 aromatic carbocycles. The smallest absolute Gasteiger partial charge is 0.243 e. The van der Waals surface area contributed by atoms with E-state index in [0.717, 1.165) is 6.42 Å². The van der Waals surface area contributed by atoms with Crippen LogP contribution in [0.5, 0.6) is 0 Å². The fourth-order valence-electron chi connectivity index (χ4n) is 3.53. The number of halogens is 1. The van der Waals surface area contributed by atoms with E-state index in [-0.39, 0.29) is 29.0 Å². The van der Waals surface area contributed by atoms with E-state index in [0.29, 0.717) is 34.1 Å². The van der Waals surface area contributed by atoms with E-state index in [9.17, 15) is 17.6 Å². The van der Waals surface area contributed by atoms with Crippen LogP contribution in [0.15, 0.2) is 53.4 Å². The second-order valence-electron chi connectivity index (χ2n) is 7.21. The first kappa shape index (κ1) is 20.8. The maximum atomic E-state index is 14.0. The molecule has 6 nitrogen and oxygen atoms in total. The van der Waals surface area contributed by atoms with Crippen LogP contribution in [-0.4, -0.2) is 41.8 Å². The molecule has 1 aliphatic rings. The molecule has 3 aromatic rings. The highest BCUT2D eigenvalue weighted by molar-refractivity contribution is 7.89. The Morgan fingerprint density at radius 2 is 1.97 bits per heavy atom. The summed E-state index contributed by atoms with van der Waals surface area (Å²) in [5.74, 6) is -0.654. The van der Waals surface area contributed by atoms with Gasteiger partial charge in [-0.2, -0.15) is 4.31 Å². The third kappa shape index (κ3) is 4.05. The second-order valence-corrected chi connectivity index (χ2v) is 10.2. The Morgan fingerprint density at radius 3 is 2.73 bits per heavy atom. The van der Waals surface area contributed by atoms with Gasteiger partial charge in [-0.3, -0.25) is 4.79 Å². The number of hydrogen-bond donors (Lipinski definition) is 0. The molecule has 1 aromatic heterocycles. The van der Waals surface area contributed by atoms with Gasteiger partial charge >= 0.3 is 0 Å². The Labute approximate surface area is 178 Å². The second kappa shape index (κ2) is 8.33. The molecule has 0 aliphatic carbocycles. The summed E-state index contributed by atoms with van der Waals surface area (Å²) in [7, 11) is -3.73. The third-order valence-electron chi connectivity index (χ3n) is 5.16. The van der Waals surface area contributed by atoms with E-state index >= 15 is 0 Å². The number of benzene rings is 2. The normalized spacial score (nSPS) is 17.7. The Hall–Kier alpha value is -2.49. The number of sulfonamides is 1. The van der Waals surface area contributed by atoms with Gasteiger partial charge in [-0.05, 0) is 44.0 Å². The molecule has 1 unspecified atom stereocenters. The number of nitrogens with zero attached hydrogens (tertiary/aromatic N) is 3. The number of rotatable bonds is 5. The topological polar surface area (TPSA) is 80.2 Å². The van der Waals surface area contributed by atoms with Gasteiger partial charge in [0.1, 0.15) is 10.8 Å². The summed E-state index contributed by atoms with van der Waals surface area (Å²) in [5, 5.41) is 9.52. The molecule has 0 amide bonds. The molecule has 0 spiro atoms. The minimum atomic E-state index is -3.73. The third-order valence-corrected chi connectivity index (χ3v) is 8.14. The van der Waals surface area contributed by atoms with Gasteiger partial charge < -0.3 is 0 Å². The lowest BCUT2D eigenvalue weighted by atomic mass is 10.0. The Kier molecular flexibility index (Phi) is 5.77. The first-order chi connectivity index (χ1) is 14.4. The van der Waals surface area contributed by atoms with E-state index < -0.39 is 10.0 Å². The van der Waals surface area contributed by atoms with Crippen molar-refractivity contribution in [2.24, 2.45) is 0 Å². The van der Waals surface area contributed by atoms with Crippen molar-refractivity contribution < 1.29 is 17.6 Å². The number of piperidine rings is 1. The van der Waals surface area contributed by atoms with Crippen molar-refractivity contribution in [3.63, 3.8) is 0 Å². The Balaban J connectivity index is 1.57. The molecule has 30 heavy (non-hydrogen) atoms. The number of carbonyl (C=O) groups excluding carboxylic acids is 1. The molecule has 156 valence electrons. The van der Waals surface area contributed by atoms with Gasteiger partial charge in [0.05, 0.1) is 4.90 Å². The van der Waals surface area contributed by atoms with E-state index in [2.05, 4.69) is 10.2 Å². The predicted molar refractivity (Wildman–Crippen MR) is 112 cm³/mol. The zero-order valence-corrected chi connectivity index (χ0v) is 17.9. The van der Waals surface area contributed by atoms with Gasteiger partial charge in [-0.15, -0.1) is 10.2 Å². The quantitative estimate of drug-likeness (QED) is 0.552. The summed E-state index contributed by atoms with van der Waals surface area (Å²) in [6.45, 7) is 2.09. The Morgan fingerprint density at radius 1 is 1.17 bits per heavy atom. The van der Waals surface area contributed by atoms with Crippen molar-refractivity contribution >= 4 is 27.1 Å². The lowest BCUT2D eigenvalue weighted by Gasteiger charge is -2.30. The van der Waals surface area contributed by atoms with Crippen LogP contribution >= 0.6 is 11.3 Å². The van der Waals surface area contributed by atoms with Gasteiger partial charge in [0.2, 0.25) is 10.0 Å². The van der Waals surface area contributed by atoms with Crippen molar-refractivity contribution in [2.75, 3.05) is 13.1 Å². The summed E-state index contributed by atoms with van der Waals surface area (Å²) in [4.78, 5) is 11.7. The summed E-state index contributed by atoms with van der Waals surface area (Å²) in [5.41, 5.74) is 0.755. The maximum absolute atomic E-state index is 14.0. The standard InChI is InChI=1S/C21H20FN3O3S2/c1-14(26)15-6-4-8-17(12-15)30(27,28)25-11-5-7-16(13-25)20-23-24-21(29-20)18-9-2-3-10-19(18)22/h2-4,6,8-10,12,16H,5,7,11,13H2,1H3. The SMILES string of the molecule is CC(=O)c1cccc(S(=O)(=O)N2CCCC(c3nnc(-c4ccccc4F)s3)C2)c1. The molecule has 1 aliphatic heterocycles. The number of Topliss-reactive ketones (excluding diaryl/α,β-unsaturated/α-hetero) is 1. The molecule has 0 N–H and O–H groups in total. The lowest BCUT2D eigenvalue weighted by Crippen LogP contribution is -2.39. The lowest BCUT2D eigenvalue weighted by molar-refractivity contribution is 0.101. The largest absolute Gasteiger partial charge is 0.295 e. The molecule has 0 saturated carbocycles. The van der Waals surface area contributed by atoms with Crippen LogP contribution in [0, 0.1) is 5.82 Å². The zero-order chi connectivity index (χ0) is 21.3. The van der Waals surface area contributed by atoms with Crippen LogP contribution in [0.1, 0.15) is 41.0 Å². The average molecular weight is 446 g/mol. The minimum absolute atomic E-state index is 0.109. The van der Waals surface area contributed by atoms with Crippen molar-refractivity contribution in [1.29, 1.82) is 0 Å². The summed E-state index contributed by atoms with van der Waals surface area (Å²) in [6.07, 6.45) is 1.47. The average Bonchev–Trinajstić information content (AvgIpc) is 3.24. The number of hydrogen-bond acceptors (Lipinski definition) is 6. The molecule has 9 heteroatoms. The van der Waals surface area contributed by atoms with E-state index in [1.165, 1.54) is 40.8 Å². The molecule has 0 radical (unpaired) electrons. The van der Waals surface area contributed by atoms with Crippen LogP contribution in [0.3, 0.4) is 0 Å². The zero-order valence-electron chi connectivity index (χ0n) is 16.3. The first-order valence-corrected chi connectivity index (χ1v) is 11.8. The van der Waals surface area contributed by atoms with Crippen LogP contribution in [0.2, 0.25) is 0 Å². The number of carbonyl (C=O) groups is 1. The van der Waals surface area contributed by atoms with E-state index in [1.807, 2.05) is 0 Å². The van der Waals surface area contributed by atoms with Crippen molar-refractivity contribution in [3.8, 4) is 10.6 Å². The molecule has 1 saturated heterocycles. The molecular weight excluding hydrogens is 425 g/mol. The monoisotopic (exact) mass is 445 g/mol. The molecular formula is C21H20FN3O3S2. The number of ketones is 1.